The van der Waals surface area contributed by atoms with Gasteiger partial charge >= 0.3 is 0 Å². The summed E-state index contributed by atoms with van der Waals surface area (Å²) in [6, 6.07) is 0. The second-order valence-corrected chi connectivity index (χ2v) is 3.30. The summed E-state index contributed by atoms with van der Waals surface area (Å²) in [4.78, 5) is 7.56. The Hall–Kier alpha value is -0.120. The van der Waals surface area contributed by atoms with Gasteiger partial charge in [0, 0.05) is 39.3 Å². The molecule has 3 heterocycles. The van der Waals surface area contributed by atoms with Gasteiger partial charge in [-0.1, -0.05) is 0 Å². The van der Waals surface area contributed by atoms with Gasteiger partial charge in [-0.15, -0.1) is 0 Å². The molecule has 3 nitrogen and oxygen atoms in total. The molecule has 3 saturated heterocycles. The first-order valence-corrected chi connectivity index (χ1v) is 4.02. The smallest absolute Gasteiger partial charge is 0.120 e. The van der Waals surface area contributed by atoms with Crippen LogP contribution in [0, 0.1) is 6.54 Å². The van der Waals surface area contributed by atoms with Gasteiger partial charge in [0.05, 0.1) is 0 Å². The molecule has 3 heteroatoms. The van der Waals surface area contributed by atoms with E-state index in [1.54, 1.807) is 0 Å². The Balaban J connectivity index is 1.94. The minimum absolute atomic E-state index is 0.667. The van der Waals surface area contributed by atoms with Gasteiger partial charge in [-0.2, -0.15) is 0 Å². The maximum absolute atomic E-state index is 2.56. The van der Waals surface area contributed by atoms with Crippen molar-refractivity contribution in [2.45, 2.75) is 6.29 Å². The summed E-state index contributed by atoms with van der Waals surface area (Å²) in [5.41, 5.74) is 0. The molecule has 0 amide bonds. The third-order valence-electron chi connectivity index (χ3n) is 2.82. The number of hydrogen-bond donors (Lipinski definition) is 0. The molecule has 55 valence electrons. The van der Waals surface area contributed by atoms with Crippen molar-refractivity contribution in [2.75, 3.05) is 32.7 Å². The average molecular weight is 138 g/mol. The lowest BCUT2D eigenvalue weighted by atomic mass is 10.6. The van der Waals surface area contributed by atoms with E-state index in [1.807, 2.05) is 0 Å². The van der Waals surface area contributed by atoms with Crippen molar-refractivity contribution in [2.24, 2.45) is 0 Å². The SMILES string of the molecule is [CH]1CN2CCN3CCN1C23. The summed E-state index contributed by atoms with van der Waals surface area (Å²) >= 11 is 0. The second kappa shape index (κ2) is 1.72. The third kappa shape index (κ3) is 0.516. The van der Waals surface area contributed by atoms with Crippen molar-refractivity contribution in [1.29, 1.82) is 0 Å². The predicted octanol–water partition coefficient (Wildman–Crippen LogP) is -0.621. The molecular formula is C7H12N3. The molecule has 0 bridgehead atoms. The molecule has 0 aliphatic carbocycles. The van der Waals surface area contributed by atoms with Crippen molar-refractivity contribution < 1.29 is 0 Å². The quantitative estimate of drug-likeness (QED) is 0.441. The Morgan fingerprint density at radius 2 is 1.80 bits per heavy atom. The van der Waals surface area contributed by atoms with Crippen LogP contribution in [0.5, 0.6) is 0 Å². The van der Waals surface area contributed by atoms with Crippen LogP contribution in [0.2, 0.25) is 0 Å². The fourth-order valence-corrected chi connectivity index (χ4v) is 2.31. The van der Waals surface area contributed by atoms with Crippen LogP contribution in [0.3, 0.4) is 0 Å². The van der Waals surface area contributed by atoms with Crippen molar-refractivity contribution in [3.63, 3.8) is 0 Å². The van der Waals surface area contributed by atoms with Gasteiger partial charge in [0.2, 0.25) is 0 Å². The molecule has 1 unspecified atom stereocenters. The van der Waals surface area contributed by atoms with Crippen molar-refractivity contribution in [3.05, 3.63) is 6.54 Å². The molecular weight excluding hydrogens is 126 g/mol. The maximum Gasteiger partial charge on any atom is 0.120 e. The minimum Gasteiger partial charge on any atom is -0.273 e. The van der Waals surface area contributed by atoms with Gasteiger partial charge in [0.1, 0.15) is 6.29 Å². The molecule has 0 aromatic carbocycles. The number of rotatable bonds is 0. The van der Waals surface area contributed by atoms with Crippen LogP contribution in [0.4, 0.5) is 0 Å². The van der Waals surface area contributed by atoms with Gasteiger partial charge in [0.25, 0.3) is 0 Å². The lowest BCUT2D eigenvalue weighted by Crippen LogP contribution is -2.35. The zero-order valence-electron chi connectivity index (χ0n) is 6.03. The number of nitrogens with zero attached hydrogens (tertiary/aromatic N) is 3. The highest BCUT2D eigenvalue weighted by Gasteiger charge is 2.44. The van der Waals surface area contributed by atoms with Crippen LogP contribution in [0.25, 0.3) is 0 Å². The van der Waals surface area contributed by atoms with E-state index >= 15 is 0 Å². The largest absolute Gasteiger partial charge is 0.273 e. The van der Waals surface area contributed by atoms with Crippen LogP contribution in [0.1, 0.15) is 0 Å². The molecule has 0 aromatic rings. The molecule has 0 aromatic heterocycles. The summed E-state index contributed by atoms with van der Waals surface area (Å²) in [5.74, 6) is 0. The highest BCUT2D eigenvalue weighted by molar-refractivity contribution is 4.98. The van der Waals surface area contributed by atoms with E-state index in [1.165, 1.54) is 32.7 Å². The molecule has 3 rings (SSSR count). The summed E-state index contributed by atoms with van der Waals surface area (Å²) in [7, 11) is 0. The van der Waals surface area contributed by atoms with Gasteiger partial charge in [-0.25, -0.2) is 0 Å². The standard InChI is InChI=1S/C7H12N3/c1-2-9-5-6-10-4-3-8(1)7(9)10/h1,7H,2-6H2. The molecule has 0 spiro atoms. The highest BCUT2D eigenvalue weighted by Crippen LogP contribution is 2.29. The lowest BCUT2D eigenvalue weighted by molar-refractivity contribution is 0.139. The van der Waals surface area contributed by atoms with Gasteiger partial charge < -0.3 is 0 Å². The van der Waals surface area contributed by atoms with Crippen molar-refractivity contribution >= 4 is 0 Å². The van der Waals surface area contributed by atoms with Gasteiger partial charge in [-0.05, 0) is 0 Å². The van der Waals surface area contributed by atoms with E-state index in [-0.39, 0.29) is 0 Å². The average Bonchev–Trinajstić information content (AvgIpc) is 2.56. The van der Waals surface area contributed by atoms with Gasteiger partial charge in [-0.3, -0.25) is 14.7 Å². The Bertz CT molecular complexity index is 118. The molecule has 1 atom stereocenters. The first-order chi connectivity index (χ1) is 4.95. The summed E-state index contributed by atoms with van der Waals surface area (Å²) < 4.78 is 0. The van der Waals surface area contributed by atoms with E-state index in [9.17, 15) is 0 Å². The Morgan fingerprint density at radius 1 is 1.00 bits per heavy atom. The Morgan fingerprint density at radius 3 is 2.80 bits per heavy atom. The van der Waals surface area contributed by atoms with E-state index in [0.717, 1.165) is 0 Å². The van der Waals surface area contributed by atoms with Crippen molar-refractivity contribution in [3.8, 4) is 0 Å². The minimum atomic E-state index is 0.667. The predicted molar refractivity (Wildman–Crippen MR) is 37.9 cm³/mol. The zero-order chi connectivity index (χ0) is 6.55. The topological polar surface area (TPSA) is 9.72 Å². The molecule has 3 aliphatic heterocycles. The first-order valence-electron chi connectivity index (χ1n) is 4.02. The fraction of sp³-hybridized carbons (Fsp3) is 0.857. The van der Waals surface area contributed by atoms with E-state index in [0.29, 0.717) is 6.29 Å². The van der Waals surface area contributed by atoms with Crippen molar-refractivity contribution in [1.82, 2.24) is 14.7 Å². The van der Waals surface area contributed by atoms with E-state index in [2.05, 4.69) is 21.2 Å². The third-order valence-corrected chi connectivity index (χ3v) is 2.82. The Labute approximate surface area is 61.2 Å². The van der Waals surface area contributed by atoms with Gasteiger partial charge in [0.15, 0.2) is 0 Å². The van der Waals surface area contributed by atoms with Crippen LogP contribution in [0.15, 0.2) is 0 Å². The lowest BCUT2D eigenvalue weighted by Gasteiger charge is -2.19. The second-order valence-electron chi connectivity index (χ2n) is 3.30. The highest BCUT2D eigenvalue weighted by atomic mass is 15.6. The fourth-order valence-electron chi connectivity index (χ4n) is 2.31. The van der Waals surface area contributed by atoms with E-state index in [4.69, 9.17) is 0 Å². The van der Waals surface area contributed by atoms with Crippen LogP contribution in [-0.2, 0) is 0 Å². The van der Waals surface area contributed by atoms with Crippen LogP contribution in [-0.4, -0.2) is 53.7 Å². The monoisotopic (exact) mass is 138 g/mol. The molecule has 0 N–H and O–H groups in total. The maximum atomic E-state index is 2.56. The normalized spacial score (nSPS) is 36.0. The van der Waals surface area contributed by atoms with Crippen LogP contribution < -0.4 is 0 Å². The summed E-state index contributed by atoms with van der Waals surface area (Å²) in [6.07, 6.45) is 0.667. The molecule has 10 heavy (non-hydrogen) atoms. The summed E-state index contributed by atoms with van der Waals surface area (Å²) in [6.45, 7) is 8.61. The van der Waals surface area contributed by atoms with E-state index < -0.39 is 0 Å². The molecule has 3 fully saturated rings. The van der Waals surface area contributed by atoms with Crippen LogP contribution >= 0.6 is 0 Å². The first kappa shape index (κ1) is 5.52. The summed E-state index contributed by atoms with van der Waals surface area (Å²) in [5, 5.41) is 0. The molecule has 3 aliphatic rings. The molecule has 1 radical (unpaired) electrons. The molecule has 0 saturated carbocycles. The number of hydrogen-bond acceptors (Lipinski definition) is 3. The zero-order valence-corrected chi connectivity index (χ0v) is 6.03. The Kier molecular flexibility index (Phi) is 0.952.